The molecule has 1 aromatic heterocycles. The Kier molecular flexibility index (Phi) is 8.87. The van der Waals surface area contributed by atoms with E-state index in [9.17, 15) is 13.2 Å². The van der Waals surface area contributed by atoms with Crippen molar-refractivity contribution in [2.24, 2.45) is 0 Å². The number of carbonyl (C=O) groups is 1. The van der Waals surface area contributed by atoms with E-state index in [2.05, 4.69) is 40.4 Å². The molecule has 1 N–H and O–H groups in total. The van der Waals surface area contributed by atoms with Crippen molar-refractivity contribution in [1.82, 2.24) is 19.8 Å². The number of rotatable bonds is 5. The van der Waals surface area contributed by atoms with Gasteiger partial charge in [0, 0.05) is 42.4 Å². The molecular formula is C34H43N5O5S. The average molecular weight is 634 g/mol. The number of carbonyl (C=O) groups excluding carboxylic acids is 1. The Morgan fingerprint density at radius 3 is 2.33 bits per heavy atom. The summed E-state index contributed by atoms with van der Waals surface area (Å²) in [7, 11) is -4.11. The Labute approximate surface area is 266 Å². The third-order valence-corrected chi connectivity index (χ3v) is 10.5. The van der Waals surface area contributed by atoms with Crippen LogP contribution in [0.1, 0.15) is 67.9 Å². The molecule has 0 spiro atoms. The Bertz CT molecular complexity index is 1640. The molecule has 1 amide bonds. The van der Waals surface area contributed by atoms with Crippen LogP contribution in [0.4, 0.5) is 5.95 Å². The Balaban J connectivity index is 1.39. The van der Waals surface area contributed by atoms with Gasteiger partial charge in [0.05, 0.1) is 28.8 Å². The second-order valence-electron chi connectivity index (χ2n) is 12.8. The van der Waals surface area contributed by atoms with E-state index in [1.807, 2.05) is 36.9 Å². The minimum atomic E-state index is -4.11. The Hall–Kier alpha value is -3.54. The molecule has 11 heteroatoms. The predicted octanol–water partition coefficient (Wildman–Crippen LogP) is 5.20. The van der Waals surface area contributed by atoms with Crippen molar-refractivity contribution in [1.29, 1.82) is 0 Å². The number of sulfonamides is 1. The molecule has 0 radical (unpaired) electrons. The van der Waals surface area contributed by atoms with E-state index >= 15 is 0 Å². The van der Waals surface area contributed by atoms with Crippen molar-refractivity contribution in [2.45, 2.75) is 95.5 Å². The smallest absolute Gasteiger partial charge is 0.264 e. The molecule has 0 unspecified atom stereocenters. The van der Waals surface area contributed by atoms with Crippen molar-refractivity contribution in [3.8, 4) is 17.1 Å². The summed E-state index contributed by atoms with van der Waals surface area (Å²) in [4.78, 5) is 27.8. The first-order valence-electron chi connectivity index (χ1n) is 16.0. The van der Waals surface area contributed by atoms with Crippen LogP contribution in [0.5, 0.6) is 5.88 Å². The van der Waals surface area contributed by atoms with Crippen molar-refractivity contribution >= 4 is 21.9 Å². The Morgan fingerprint density at radius 1 is 0.956 bits per heavy atom. The van der Waals surface area contributed by atoms with E-state index in [4.69, 9.17) is 9.47 Å². The molecule has 4 bridgehead atoms. The zero-order chi connectivity index (χ0) is 31.9. The summed E-state index contributed by atoms with van der Waals surface area (Å²) in [6.07, 6.45) is 3.62. The van der Waals surface area contributed by atoms with Crippen LogP contribution in [0.25, 0.3) is 11.3 Å². The summed E-state index contributed by atoms with van der Waals surface area (Å²) >= 11 is 0. The molecule has 45 heavy (non-hydrogen) atoms. The van der Waals surface area contributed by atoms with Gasteiger partial charge in [-0.1, -0.05) is 37.6 Å². The highest BCUT2D eigenvalue weighted by atomic mass is 32.2. The lowest BCUT2D eigenvalue weighted by atomic mass is 9.82. The fourth-order valence-electron chi connectivity index (χ4n) is 7.06. The summed E-state index contributed by atoms with van der Waals surface area (Å²) in [6.45, 7) is 12.3. The standard InChI is InChI=1S/C34H43N5O5S/c1-6-9-26-20-43-31-17-30(32-21(2)10-7-11-22(32)3)35-34(36-31)37-45(41,42)29-13-8-12-25(14-29)33(40)39(26)28-15-27(16-28)38-18-23(4)44-24(5)19-38/h7-8,10-14,17,23-24,26-28H,6,9,15-16,18-20H2,1-5H3,(H,35,36,37)/t23-,24-,26-,27?,28?/m1/s1. The lowest BCUT2D eigenvalue weighted by Gasteiger charge is -2.51. The lowest BCUT2D eigenvalue weighted by molar-refractivity contribution is -0.100. The molecule has 1 saturated heterocycles. The zero-order valence-electron chi connectivity index (χ0n) is 26.7. The number of morpholine rings is 1. The monoisotopic (exact) mass is 633 g/mol. The molecule has 3 atom stereocenters. The highest BCUT2D eigenvalue weighted by Crippen LogP contribution is 2.36. The second-order valence-corrected chi connectivity index (χ2v) is 14.5. The fourth-order valence-corrected chi connectivity index (χ4v) is 8.05. The van der Waals surface area contributed by atoms with E-state index < -0.39 is 10.0 Å². The van der Waals surface area contributed by atoms with Gasteiger partial charge in [0.15, 0.2) is 0 Å². The number of ether oxygens (including phenoxy) is 2. The maximum atomic E-state index is 14.3. The molecule has 1 saturated carbocycles. The van der Waals surface area contributed by atoms with Crippen LogP contribution in [0.2, 0.25) is 0 Å². The van der Waals surface area contributed by atoms with Crippen molar-refractivity contribution in [3.63, 3.8) is 0 Å². The molecule has 2 fully saturated rings. The van der Waals surface area contributed by atoms with Crippen molar-refractivity contribution in [3.05, 3.63) is 65.2 Å². The normalized spacial score (nSPS) is 26.8. The third kappa shape index (κ3) is 6.57. The van der Waals surface area contributed by atoms with E-state index in [0.717, 1.165) is 55.5 Å². The molecule has 10 nitrogen and oxygen atoms in total. The molecule has 3 heterocycles. The third-order valence-electron chi connectivity index (χ3n) is 9.18. The summed E-state index contributed by atoms with van der Waals surface area (Å²) in [5, 5.41) is 0. The molecular weight excluding hydrogens is 590 g/mol. The van der Waals surface area contributed by atoms with Gasteiger partial charge in [0.2, 0.25) is 11.8 Å². The number of hydrogen-bond acceptors (Lipinski definition) is 8. The van der Waals surface area contributed by atoms with E-state index in [0.29, 0.717) is 17.3 Å². The highest BCUT2D eigenvalue weighted by Gasteiger charge is 2.43. The van der Waals surface area contributed by atoms with Gasteiger partial charge in [0.25, 0.3) is 15.9 Å². The van der Waals surface area contributed by atoms with Crippen LogP contribution < -0.4 is 9.46 Å². The number of benzene rings is 2. The summed E-state index contributed by atoms with van der Waals surface area (Å²) < 4.78 is 42.1. The molecule has 6 rings (SSSR count). The SMILES string of the molecule is CCC[C@@H]1COc2cc(-c3c(C)cccc3C)nc(n2)NS(=O)(=O)c2cccc(c2)C(=O)N1C1CC(N2C[C@@H](C)O[C@H](C)C2)C1. The molecule has 3 aliphatic rings. The zero-order valence-corrected chi connectivity index (χ0v) is 27.5. The number of amides is 1. The first-order valence-corrected chi connectivity index (χ1v) is 17.4. The second kappa shape index (κ2) is 12.7. The lowest BCUT2D eigenvalue weighted by Crippen LogP contribution is -2.61. The number of aromatic nitrogens is 2. The van der Waals surface area contributed by atoms with Crippen LogP contribution in [-0.2, 0) is 14.8 Å². The van der Waals surface area contributed by atoms with E-state index in [-0.39, 0.29) is 53.5 Å². The number of nitrogens with zero attached hydrogens (tertiary/aromatic N) is 4. The summed E-state index contributed by atoms with van der Waals surface area (Å²) in [5.41, 5.74) is 3.80. The first-order chi connectivity index (χ1) is 21.5. The quantitative estimate of drug-likeness (QED) is 0.408. The summed E-state index contributed by atoms with van der Waals surface area (Å²) in [6, 6.07) is 14.1. The van der Waals surface area contributed by atoms with Crippen LogP contribution >= 0.6 is 0 Å². The molecule has 240 valence electrons. The maximum absolute atomic E-state index is 14.3. The molecule has 1 aliphatic carbocycles. The Morgan fingerprint density at radius 2 is 1.64 bits per heavy atom. The van der Waals surface area contributed by atoms with Gasteiger partial charge in [-0.2, -0.15) is 4.98 Å². The molecule has 2 aliphatic heterocycles. The van der Waals surface area contributed by atoms with Gasteiger partial charge >= 0.3 is 0 Å². The van der Waals surface area contributed by atoms with Gasteiger partial charge in [-0.25, -0.2) is 18.1 Å². The molecule has 3 aromatic rings. The van der Waals surface area contributed by atoms with Gasteiger partial charge in [-0.3, -0.25) is 9.69 Å². The van der Waals surface area contributed by atoms with Gasteiger partial charge in [-0.15, -0.1) is 0 Å². The topological polar surface area (TPSA) is 114 Å². The first kappa shape index (κ1) is 31.4. The average Bonchev–Trinajstić information content (AvgIpc) is 2.95. The fraction of sp³-hybridized carbons (Fsp3) is 0.500. The molecule has 2 aromatic carbocycles. The van der Waals surface area contributed by atoms with Gasteiger partial charge in [-0.05, 0) is 76.3 Å². The van der Waals surface area contributed by atoms with Crippen LogP contribution in [-0.4, -0.2) is 84.1 Å². The number of nitrogens with one attached hydrogen (secondary N) is 1. The predicted molar refractivity (Wildman–Crippen MR) is 173 cm³/mol. The number of aryl methyl sites for hydroxylation is 2. The van der Waals surface area contributed by atoms with Crippen molar-refractivity contribution < 1.29 is 22.7 Å². The summed E-state index contributed by atoms with van der Waals surface area (Å²) in [5.74, 6) is -0.0158. The van der Waals surface area contributed by atoms with Crippen molar-refractivity contribution in [2.75, 3.05) is 24.4 Å². The largest absolute Gasteiger partial charge is 0.475 e. The highest BCUT2D eigenvalue weighted by molar-refractivity contribution is 7.92. The minimum absolute atomic E-state index is 0.00534. The van der Waals surface area contributed by atoms with Gasteiger partial charge in [0.1, 0.15) is 6.61 Å². The van der Waals surface area contributed by atoms with Crippen LogP contribution in [0.3, 0.4) is 0 Å². The van der Waals surface area contributed by atoms with Crippen LogP contribution in [0.15, 0.2) is 53.4 Å². The number of anilines is 1. The van der Waals surface area contributed by atoms with E-state index in [1.54, 1.807) is 18.2 Å². The van der Waals surface area contributed by atoms with Gasteiger partial charge < -0.3 is 14.4 Å². The van der Waals surface area contributed by atoms with E-state index in [1.165, 1.54) is 12.1 Å². The van der Waals surface area contributed by atoms with Crippen LogP contribution in [0, 0.1) is 13.8 Å². The number of fused-ring (bicyclic) bond motifs is 4. The number of hydrogen-bond donors (Lipinski definition) is 1. The minimum Gasteiger partial charge on any atom is -0.475 e. The maximum Gasteiger partial charge on any atom is 0.264 e.